The molecule has 3 aliphatic rings. The van der Waals surface area contributed by atoms with Crippen molar-refractivity contribution in [1.29, 1.82) is 0 Å². The molecule has 2 saturated heterocycles. The summed E-state index contributed by atoms with van der Waals surface area (Å²) in [6.45, 7) is 9.51. The molecule has 1 N–H and O–H groups in total. The molecule has 6 nitrogen and oxygen atoms in total. The maximum absolute atomic E-state index is 13.3. The van der Waals surface area contributed by atoms with Crippen LogP contribution in [0, 0.1) is 23.7 Å². The Morgan fingerprint density at radius 2 is 1.91 bits per heavy atom. The fraction of sp³-hybridized carbons (Fsp3) is 0.630. The van der Waals surface area contributed by atoms with Crippen molar-refractivity contribution < 1.29 is 28.9 Å². The van der Waals surface area contributed by atoms with Crippen molar-refractivity contribution in [2.24, 2.45) is 23.7 Å². The fourth-order valence-corrected chi connectivity index (χ4v) is 6.51. The average molecular weight is 457 g/mol. The molecule has 4 rings (SSSR count). The summed E-state index contributed by atoms with van der Waals surface area (Å²) in [5.74, 6) is -0.356. The van der Waals surface area contributed by atoms with Gasteiger partial charge in [-0.2, -0.15) is 0 Å². The van der Waals surface area contributed by atoms with Crippen molar-refractivity contribution in [3.05, 3.63) is 41.5 Å². The molecule has 7 atom stereocenters. The molecule has 1 aromatic carbocycles. The smallest absolute Gasteiger partial charge is 0.334 e. The topological polar surface area (TPSA) is 82.1 Å². The highest BCUT2D eigenvalue weighted by molar-refractivity contribution is 5.93. The van der Waals surface area contributed by atoms with Crippen molar-refractivity contribution >= 4 is 18.0 Å². The first-order valence-electron chi connectivity index (χ1n) is 12.1. The van der Waals surface area contributed by atoms with Crippen LogP contribution >= 0.6 is 0 Å². The lowest BCUT2D eigenvalue weighted by Crippen LogP contribution is -2.62. The Bertz CT molecular complexity index is 924. The normalized spacial score (nSPS) is 37.7. The van der Waals surface area contributed by atoms with E-state index in [1.165, 1.54) is 0 Å². The zero-order valence-corrected chi connectivity index (χ0v) is 20.2. The number of rotatable bonds is 6. The molecule has 1 unspecified atom stereocenters. The van der Waals surface area contributed by atoms with Crippen LogP contribution in [0.2, 0.25) is 0 Å². The second-order valence-electron chi connectivity index (χ2n) is 10.5. The molecule has 0 aromatic heterocycles. The van der Waals surface area contributed by atoms with Crippen molar-refractivity contribution in [2.45, 2.75) is 77.3 Å². The van der Waals surface area contributed by atoms with E-state index in [9.17, 15) is 14.7 Å². The Balaban J connectivity index is 1.68. The van der Waals surface area contributed by atoms with Gasteiger partial charge in [0, 0.05) is 17.9 Å². The number of ether oxygens (including phenoxy) is 3. The highest BCUT2D eigenvalue weighted by atomic mass is 16.6. The first kappa shape index (κ1) is 24.0. The lowest BCUT2D eigenvalue weighted by atomic mass is 9.69. The SMILES string of the molecule is CC(=Cc1ccccc1)C(=O)O[C@H]1[C@@H]2[C@H](C)CC[C@H]2[C@]2(C)OC1(C(C)C)C[C@H]2OC(=O)CO. The van der Waals surface area contributed by atoms with Crippen molar-refractivity contribution in [2.75, 3.05) is 6.61 Å². The lowest BCUT2D eigenvalue weighted by molar-refractivity contribution is -0.265. The molecule has 1 aliphatic carbocycles. The molecule has 2 aliphatic heterocycles. The summed E-state index contributed by atoms with van der Waals surface area (Å²) >= 11 is 0. The third-order valence-corrected chi connectivity index (χ3v) is 8.29. The van der Waals surface area contributed by atoms with Crippen LogP contribution in [0.5, 0.6) is 0 Å². The van der Waals surface area contributed by atoms with Crippen LogP contribution in [-0.4, -0.2) is 47.1 Å². The van der Waals surface area contributed by atoms with Gasteiger partial charge in [0.1, 0.15) is 30.0 Å². The monoisotopic (exact) mass is 456 g/mol. The molecule has 0 spiro atoms. The Morgan fingerprint density at radius 1 is 1.21 bits per heavy atom. The summed E-state index contributed by atoms with van der Waals surface area (Å²) in [7, 11) is 0. The summed E-state index contributed by atoms with van der Waals surface area (Å²) in [4.78, 5) is 25.3. The second kappa shape index (κ2) is 8.88. The molecule has 2 heterocycles. The Morgan fingerprint density at radius 3 is 2.55 bits per heavy atom. The molecular formula is C27H36O6. The number of aliphatic hydroxyl groups is 1. The Kier molecular flexibility index (Phi) is 6.45. The van der Waals surface area contributed by atoms with Gasteiger partial charge in [-0.05, 0) is 56.1 Å². The molecule has 6 heteroatoms. The molecule has 180 valence electrons. The number of carbonyl (C=O) groups excluding carboxylic acids is 2. The molecule has 2 bridgehead atoms. The summed E-state index contributed by atoms with van der Waals surface area (Å²) < 4.78 is 18.8. The van der Waals surface area contributed by atoms with Crippen molar-refractivity contribution in [1.82, 2.24) is 0 Å². The quantitative estimate of drug-likeness (QED) is 0.511. The van der Waals surface area contributed by atoms with E-state index >= 15 is 0 Å². The number of benzene rings is 1. The van der Waals surface area contributed by atoms with E-state index < -0.39 is 36.0 Å². The summed E-state index contributed by atoms with van der Waals surface area (Å²) in [6, 6.07) is 9.72. The zero-order valence-electron chi connectivity index (χ0n) is 20.2. The van der Waals surface area contributed by atoms with Gasteiger partial charge >= 0.3 is 11.9 Å². The van der Waals surface area contributed by atoms with Crippen LogP contribution < -0.4 is 0 Å². The third kappa shape index (κ3) is 4.01. The van der Waals surface area contributed by atoms with Crippen LogP contribution in [0.4, 0.5) is 0 Å². The van der Waals surface area contributed by atoms with Crippen molar-refractivity contribution in [3.8, 4) is 0 Å². The lowest BCUT2D eigenvalue weighted by Gasteiger charge is -2.53. The van der Waals surface area contributed by atoms with E-state index in [0.29, 0.717) is 17.9 Å². The minimum absolute atomic E-state index is 0.0413. The molecule has 0 radical (unpaired) electrons. The van der Waals surface area contributed by atoms with E-state index in [-0.39, 0.29) is 23.7 Å². The summed E-state index contributed by atoms with van der Waals surface area (Å²) in [5.41, 5.74) is 0.0683. The van der Waals surface area contributed by atoms with Gasteiger partial charge in [-0.15, -0.1) is 0 Å². The molecule has 0 amide bonds. The van der Waals surface area contributed by atoms with Crippen LogP contribution in [0.25, 0.3) is 6.08 Å². The van der Waals surface area contributed by atoms with Gasteiger partial charge in [0.25, 0.3) is 0 Å². The van der Waals surface area contributed by atoms with Gasteiger partial charge in [-0.1, -0.05) is 51.1 Å². The highest BCUT2D eigenvalue weighted by Gasteiger charge is 2.72. The van der Waals surface area contributed by atoms with Gasteiger partial charge < -0.3 is 19.3 Å². The Labute approximate surface area is 196 Å². The zero-order chi connectivity index (χ0) is 24.0. The van der Waals surface area contributed by atoms with E-state index in [1.807, 2.05) is 43.3 Å². The van der Waals surface area contributed by atoms with E-state index in [4.69, 9.17) is 14.2 Å². The second-order valence-corrected chi connectivity index (χ2v) is 10.5. The average Bonchev–Trinajstić information content (AvgIpc) is 3.30. The summed E-state index contributed by atoms with van der Waals surface area (Å²) in [6.07, 6.45) is 3.31. The van der Waals surface area contributed by atoms with E-state index in [0.717, 1.165) is 18.4 Å². The maximum Gasteiger partial charge on any atom is 0.334 e. The van der Waals surface area contributed by atoms with E-state index in [1.54, 1.807) is 6.92 Å². The number of hydrogen-bond acceptors (Lipinski definition) is 6. The first-order valence-corrected chi connectivity index (χ1v) is 12.1. The molecular weight excluding hydrogens is 420 g/mol. The minimum Gasteiger partial charge on any atom is -0.457 e. The number of hydrogen-bond donors (Lipinski definition) is 1. The number of fused-ring (bicyclic) bond motifs is 4. The largest absolute Gasteiger partial charge is 0.457 e. The van der Waals surface area contributed by atoms with E-state index in [2.05, 4.69) is 20.8 Å². The Hall–Kier alpha value is -2.18. The first-order chi connectivity index (χ1) is 15.6. The molecule has 33 heavy (non-hydrogen) atoms. The van der Waals surface area contributed by atoms with Crippen LogP contribution in [-0.2, 0) is 23.8 Å². The molecule has 1 saturated carbocycles. The van der Waals surface area contributed by atoms with Crippen LogP contribution in [0.15, 0.2) is 35.9 Å². The maximum atomic E-state index is 13.3. The van der Waals surface area contributed by atoms with Gasteiger partial charge in [-0.25, -0.2) is 9.59 Å². The molecule has 3 fully saturated rings. The number of aliphatic hydroxyl groups excluding tert-OH is 1. The molecule has 1 aromatic rings. The predicted molar refractivity (Wildman–Crippen MR) is 124 cm³/mol. The third-order valence-electron chi connectivity index (χ3n) is 8.29. The van der Waals surface area contributed by atoms with Gasteiger partial charge in [0.15, 0.2) is 0 Å². The minimum atomic E-state index is -0.752. The standard InChI is InChI=1S/C27H36O6/c1-16(2)27-14-21(31-22(29)15-28)26(5,33-27)20-12-11-17(3)23(20)24(27)32-25(30)18(4)13-19-9-7-6-8-10-19/h6-10,13,16-17,20-21,23-24,28H,11-12,14-15H2,1-5H3/t17-,20-,21-,23-,24+,26+,27?/m1/s1. The van der Waals surface area contributed by atoms with Gasteiger partial charge in [0.2, 0.25) is 0 Å². The number of esters is 2. The van der Waals surface area contributed by atoms with Gasteiger partial charge in [-0.3, -0.25) is 0 Å². The summed E-state index contributed by atoms with van der Waals surface area (Å²) in [5, 5.41) is 9.28. The fourth-order valence-electron chi connectivity index (χ4n) is 6.51. The van der Waals surface area contributed by atoms with Crippen LogP contribution in [0.1, 0.15) is 59.4 Å². The highest BCUT2D eigenvalue weighted by Crippen LogP contribution is 2.63. The number of carbonyl (C=O) groups is 2. The van der Waals surface area contributed by atoms with Crippen LogP contribution in [0.3, 0.4) is 0 Å². The van der Waals surface area contributed by atoms with Gasteiger partial charge in [0.05, 0.1) is 0 Å². The predicted octanol–water partition coefficient (Wildman–Crippen LogP) is 4.16. The van der Waals surface area contributed by atoms with Crippen molar-refractivity contribution in [3.63, 3.8) is 0 Å².